The van der Waals surface area contributed by atoms with Crippen molar-refractivity contribution in [2.45, 2.75) is 31.6 Å². The lowest BCUT2D eigenvalue weighted by atomic mass is 10.1. The molecule has 0 aromatic heterocycles. The quantitative estimate of drug-likeness (QED) is 0.434. The van der Waals surface area contributed by atoms with Crippen molar-refractivity contribution in [2.75, 3.05) is 26.4 Å². The first kappa shape index (κ1) is 18.0. The Morgan fingerprint density at radius 3 is 2.71 bits per heavy atom. The molecule has 1 aliphatic heterocycles. The van der Waals surface area contributed by atoms with E-state index in [2.05, 4.69) is 10.0 Å². The lowest BCUT2D eigenvalue weighted by molar-refractivity contribution is -0.00220. The average Bonchev–Trinajstić information content (AvgIpc) is 2.64. The van der Waals surface area contributed by atoms with Crippen molar-refractivity contribution < 1.29 is 18.7 Å². The van der Waals surface area contributed by atoms with E-state index in [1.807, 2.05) is 30.3 Å². The van der Waals surface area contributed by atoms with Gasteiger partial charge in [0.25, 0.3) is 0 Å². The van der Waals surface area contributed by atoms with Crippen LogP contribution in [0.2, 0.25) is 0 Å². The van der Waals surface area contributed by atoms with Crippen LogP contribution in [0.3, 0.4) is 0 Å². The summed E-state index contributed by atoms with van der Waals surface area (Å²) in [5.74, 6) is 0. The van der Waals surface area contributed by atoms with Crippen LogP contribution >= 0.6 is 0 Å². The van der Waals surface area contributed by atoms with Gasteiger partial charge in [-0.2, -0.15) is 0 Å². The van der Waals surface area contributed by atoms with Crippen molar-refractivity contribution in [2.24, 2.45) is 5.11 Å². The Kier molecular flexibility index (Phi) is 7.32. The summed E-state index contributed by atoms with van der Waals surface area (Å²) in [6.07, 6.45) is 0.893. The third-order valence-corrected chi connectivity index (χ3v) is 3.82. The van der Waals surface area contributed by atoms with E-state index in [1.54, 1.807) is 4.90 Å². The number of azide groups is 1. The minimum Gasteiger partial charge on any atom is -0.445 e. The summed E-state index contributed by atoms with van der Waals surface area (Å²) in [6.45, 7) is 0.624. The summed E-state index contributed by atoms with van der Waals surface area (Å²) in [4.78, 5) is 16.3. The van der Waals surface area contributed by atoms with Gasteiger partial charge in [0.05, 0.1) is 18.8 Å². The van der Waals surface area contributed by atoms with Crippen LogP contribution in [0.15, 0.2) is 35.4 Å². The number of rotatable bonds is 7. The van der Waals surface area contributed by atoms with Crippen LogP contribution < -0.4 is 0 Å². The highest BCUT2D eigenvalue weighted by molar-refractivity contribution is 5.67. The predicted molar refractivity (Wildman–Crippen MR) is 86.1 cm³/mol. The molecule has 0 N–H and O–H groups in total. The molecule has 8 heteroatoms. The molecule has 1 heterocycles. The van der Waals surface area contributed by atoms with Gasteiger partial charge in [0, 0.05) is 18.0 Å². The van der Waals surface area contributed by atoms with E-state index in [4.69, 9.17) is 15.0 Å². The molecular weight excluding hydrogens is 315 g/mol. The Bertz CT molecular complexity index is 558. The first-order chi connectivity index (χ1) is 11.7. The summed E-state index contributed by atoms with van der Waals surface area (Å²) in [5.41, 5.74) is 9.26. The van der Waals surface area contributed by atoms with E-state index in [-0.39, 0.29) is 25.4 Å². The molecule has 0 radical (unpaired) electrons. The number of ether oxygens (including phenoxy) is 2. The molecular formula is C16H21FN4O3. The van der Waals surface area contributed by atoms with Crippen molar-refractivity contribution in [3.05, 3.63) is 46.3 Å². The zero-order valence-electron chi connectivity index (χ0n) is 13.4. The van der Waals surface area contributed by atoms with Crippen molar-refractivity contribution in [1.82, 2.24) is 4.90 Å². The van der Waals surface area contributed by atoms with Crippen LogP contribution in [0.1, 0.15) is 18.4 Å². The normalized spacial score (nSPS) is 16.3. The summed E-state index contributed by atoms with van der Waals surface area (Å²) in [7, 11) is 0. The SMILES string of the molecule is [N-]=[N+]=NC(CF)COC1CCN(C(=O)OCc2ccccc2)CC1. The molecule has 0 aliphatic carbocycles. The van der Waals surface area contributed by atoms with Crippen molar-refractivity contribution in [3.8, 4) is 0 Å². The van der Waals surface area contributed by atoms with Gasteiger partial charge in [0.15, 0.2) is 0 Å². The molecule has 1 fully saturated rings. The van der Waals surface area contributed by atoms with Crippen LogP contribution in [0.5, 0.6) is 0 Å². The molecule has 24 heavy (non-hydrogen) atoms. The van der Waals surface area contributed by atoms with Crippen molar-refractivity contribution in [3.63, 3.8) is 0 Å². The van der Waals surface area contributed by atoms with Gasteiger partial charge in [0.1, 0.15) is 13.3 Å². The number of piperidine rings is 1. The summed E-state index contributed by atoms with van der Waals surface area (Å²) >= 11 is 0. The second kappa shape index (κ2) is 9.75. The second-order valence-electron chi connectivity index (χ2n) is 5.57. The van der Waals surface area contributed by atoms with Crippen LogP contribution in [-0.4, -0.2) is 49.5 Å². The standard InChI is InChI=1S/C16H21FN4O3/c17-10-14(19-20-18)12-23-15-6-8-21(9-7-15)16(22)24-11-13-4-2-1-3-5-13/h1-5,14-15H,6-12H2. The Morgan fingerprint density at radius 2 is 2.08 bits per heavy atom. The van der Waals surface area contributed by atoms with Gasteiger partial charge in [-0.05, 0) is 23.9 Å². The summed E-state index contributed by atoms with van der Waals surface area (Å²) < 4.78 is 23.4. The highest BCUT2D eigenvalue weighted by atomic mass is 19.1. The topological polar surface area (TPSA) is 87.5 Å². The average molecular weight is 336 g/mol. The fraction of sp³-hybridized carbons (Fsp3) is 0.562. The molecule has 1 aromatic carbocycles. The third kappa shape index (κ3) is 5.72. The number of likely N-dealkylation sites (tertiary alicyclic amines) is 1. The Labute approximate surface area is 140 Å². The Morgan fingerprint density at radius 1 is 1.38 bits per heavy atom. The maximum absolute atomic E-state index is 12.6. The zero-order valence-corrected chi connectivity index (χ0v) is 13.4. The molecule has 130 valence electrons. The largest absolute Gasteiger partial charge is 0.445 e. The molecule has 1 aromatic rings. The molecule has 2 rings (SSSR count). The smallest absolute Gasteiger partial charge is 0.410 e. The monoisotopic (exact) mass is 336 g/mol. The third-order valence-electron chi connectivity index (χ3n) is 3.82. The second-order valence-corrected chi connectivity index (χ2v) is 5.57. The minimum atomic E-state index is -0.788. The van der Waals surface area contributed by atoms with E-state index < -0.39 is 12.7 Å². The lowest BCUT2D eigenvalue weighted by Gasteiger charge is -2.31. The number of nitrogens with zero attached hydrogens (tertiary/aromatic N) is 4. The summed E-state index contributed by atoms with van der Waals surface area (Å²) in [6, 6.07) is 8.71. The zero-order chi connectivity index (χ0) is 17.2. The van der Waals surface area contributed by atoms with Crippen LogP contribution in [0.25, 0.3) is 10.4 Å². The van der Waals surface area contributed by atoms with E-state index in [0.717, 1.165) is 5.56 Å². The van der Waals surface area contributed by atoms with Crippen molar-refractivity contribution in [1.29, 1.82) is 0 Å². The molecule has 1 saturated heterocycles. The highest BCUT2D eigenvalue weighted by Gasteiger charge is 2.24. The maximum atomic E-state index is 12.6. The van der Waals surface area contributed by atoms with Gasteiger partial charge in [-0.25, -0.2) is 4.79 Å². The maximum Gasteiger partial charge on any atom is 0.410 e. The van der Waals surface area contributed by atoms with Crippen molar-refractivity contribution >= 4 is 6.09 Å². The van der Waals surface area contributed by atoms with Gasteiger partial charge in [0.2, 0.25) is 0 Å². The molecule has 0 saturated carbocycles. The number of hydrogen-bond acceptors (Lipinski definition) is 4. The number of carbonyl (C=O) groups excluding carboxylic acids is 1. The van der Waals surface area contributed by atoms with Crippen LogP contribution in [0, 0.1) is 0 Å². The van der Waals surface area contributed by atoms with Gasteiger partial charge in [-0.1, -0.05) is 35.4 Å². The number of alkyl halides is 1. The Hall–Kier alpha value is -2.31. The van der Waals surface area contributed by atoms with E-state index in [9.17, 15) is 9.18 Å². The van der Waals surface area contributed by atoms with Gasteiger partial charge in [-0.3, -0.25) is 4.39 Å². The fourth-order valence-electron chi connectivity index (χ4n) is 2.44. The molecule has 7 nitrogen and oxygen atoms in total. The fourth-order valence-corrected chi connectivity index (χ4v) is 2.44. The first-order valence-electron chi connectivity index (χ1n) is 7.90. The van der Waals surface area contributed by atoms with Gasteiger partial charge >= 0.3 is 6.09 Å². The summed E-state index contributed by atoms with van der Waals surface area (Å²) in [5, 5.41) is 3.32. The predicted octanol–water partition coefficient (Wildman–Crippen LogP) is 3.45. The van der Waals surface area contributed by atoms with Crippen LogP contribution in [-0.2, 0) is 16.1 Å². The van der Waals surface area contributed by atoms with Crippen LogP contribution in [0.4, 0.5) is 9.18 Å². The molecule has 1 aliphatic rings. The number of carbonyl (C=O) groups is 1. The Balaban J connectivity index is 1.68. The number of halogens is 1. The molecule has 1 atom stereocenters. The van der Waals surface area contributed by atoms with E-state index >= 15 is 0 Å². The molecule has 0 spiro atoms. The van der Waals surface area contributed by atoms with Gasteiger partial charge in [-0.15, -0.1) is 0 Å². The van der Waals surface area contributed by atoms with E-state index in [1.165, 1.54) is 0 Å². The minimum absolute atomic E-state index is 0.0592. The molecule has 1 unspecified atom stereocenters. The molecule has 1 amide bonds. The van der Waals surface area contributed by atoms with E-state index in [0.29, 0.717) is 25.9 Å². The first-order valence-corrected chi connectivity index (χ1v) is 7.90. The number of hydrogen-bond donors (Lipinski definition) is 0. The highest BCUT2D eigenvalue weighted by Crippen LogP contribution is 2.16. The molecule has 0 bridgehead atoms. The van der Waals surface area contributed by atoms with Gasteiger partial charge < -0.3 is 14.4 Å². The lowest BCUT2D eigenvalue weighted by Crippen LogP contribution is -2.41. The number of amides is 1. The number of benzene rings is 1.